The molecule has 1 aliphatic heterocycles. The van der Waals surface area contributed by atoms with E-state index in [9.17, 15) is 9.59 Å². The Morgan fingerprint density at radius 3 is 2.86 bits per heavy atom. The average molecular weight is 588 g/mol. The number of amides is 1. The van der Waals surface area contributed by atoms with E-state index < -0.39 is 6.09 Å². The molecule has 1 aliphatic rings. The summed E-state index contributed by atoms with van der Waals surface area (Å²) in [6.45, 7) is 2.70. The van der Waals surface area contributed by atoms with Crippen molar-refractivity contribution in [3.8, 4) is 34.0 Å². The van der Waals surface area contributed by atoms with Crippen LogP contribution in [0.3, 0.4) is 0 Å². The lowest BCUT2D eigenvalue weighted by atomic mass is 10.0. The Labute approximate surface area is 244 Å². The number of hydrogen-bond donors (Lipinski definition) is 2. The van der Waals surface area contributed by atoms with Gasteiger partial charge in [-0.05, 0) is 66.1 Å². The lowest BCUT2D eigenvalue weighted by Crippen LogP contribution is -2.29. The second-order valence-corrected chi connectivity index (χ2v) is 10.1. The number of pyridine rings is 2. The summed E-state index contributed by atoms with van der Waals surface area (Å²) in [6, 6.07) is 12.6. The van der Waals surface area contributed by atoms with Gasteiger partial charge in [-0.3, -0.25) is 9.78 Å². The number of H-pyrrole nitrogens is 1. The summed E-state index contributed by atoms with van der Waals surface area (Å²) < 4.78 is 13.5. The molecular weight excluding hydrogens is 562 g/mol. The smallest absolute Gasteiger partial charge is 0.409 e. The highest BCUT2D eigenvalue weighted by molar-refractivity contribution is 6.31. The Morgan fingerprint density at radius 2 is 2.10 bits per heavy atom. The zero-order valence-corrected chi connectivity index (χ0v) is 23.5. The third kappa shape index (κ3) is 5.39. The molecule has 0 bridgehead atoms. The molecule has 0 unspecified atom stereocenters. The Hall–Kier alpha value is -4.88. The predicted molar refractivity (Wildman–Crippen MR) is 153 cm³/mol. The van der Waals surface area contributed by atoms with Crippen molar-refractivity contribution >= 4 is 17.7 Å². The molecule has 5 aromatic rings. The van der Waals surface area contributed by atoms with E-state index in [2.05, 4.69) is 35.8 Å². The number of carbonyl (C=O) groups excluding carboxylic acids is 1. The molecule has 0 saturated carbocycles. The Kier molecular flexibility index (Phi) is 7.50. The topological polar surface area (TPSA) is 155 Å². The number of aryl methyl sites for hydroxylation is 2. The molecule has 14 heteroatoms. The van der Waals surface area contributed by atoms with Crippen molar-refractivity contribution in [3.63, 3.8) is 0 Å². The molecule has 6 rings (SSSR count). The number of benzene rings is 1. The van der Waals surface area contributed by atoms with Crippen molar-refractivity contribution in [3.05, 3.63) is 87.6 Å². The average Bonchev–Trinajstić information content (AvgIpc) is 3.74. The fraction of sp³-hybridized carbons (Fsp3) is 0.250. The quantitative estimate of drug-likeness (QED) is 0.259. The molecule has 214 valence electrons. The number of halogens is 1. The van der Waals surface area contributed by atoms with Gasteiger partial charge in [0.15, 0.2) is 10.9 Å². The highest BCUT2D eigenvalue weighted by atomic mass is 35.5. The van der Waals surface area contributed by atoms with Crippen LogP contribution in [-0.2, 0) is 11.2 Å². The number of nitrogens with one attached hydrogen (secondary N) is 2. The molecule has 5 heterocycles. The van der Waals surface area contributed by atoms with Gasteiger partial charge in [-0.25, -0.2) is 9.78 Å². The van der Waals surface area contributed by atoms with Gasteiger partial charge in [0.1, 0.15) is 17.8 Å². The fourth-order valence-corrected chi connectivity index (χ4v) is 5.28. The monoisotopic (exact) mass is 587 g/mol. The van der Waals surface area contributed by atoms with Gasteiger partial charge in [-0.2, -0.15) is 4.68 Å². The van der Waals surface area contributed by atoms with E-state index in [1.807, 2.05) is 31.2 Å². The minimum Gasteiger partial charge on any atom is -0.409 e. The molecule has 4 aromatic heterocycles. The van der Waals surface area contributed by atoms with Gasteiger partial charge in [-0.15, -0.1) is 5.10 Å². The van der Waals surface area contributed by atoms with Crippen LogP contribution in [0, 0.1) is 6.92 Å². The Balaban J connectivity index is 1.25. The number of rotatable bonds is 8. The molecule has 1 aromatic carbocycles. The molecule has 0 aliphatic carbocycles. The number of imidazole rings is 1. The molecule has 1 amide bonds. The molecule has 13 nitrogen and oxygen atoms in total. The van der Waals surface area contributed by atoms with E-state index in [0.29, 0.717) is 43.2 Å². The van der Waals surface area contributed by atoms with Crippen LogP contribution in [0.25, 0.3) is 28.2 Å². The molecule has 0 spiro atoms. The summed E-state index contributed by atoms with van der Waals surface area (Å²) in [6.07, 6.45) is 3.71. The first-order valence-electron chi connectivity index (χ1n) is 13.2. The van der Waals surface area contributed by atoms with Gasteiger partial charge in [0, 0.05) is 31.0 Å². The van der Waals surface area contributed by atoms with Crippen molar-refractivity contribution in [2.75, 3.05) is 20.3 Å². The maximum absolute atomic E-state index is 13.5. The van der Waals surface area contributed by atoms with Crippen molar-refractivity contribution in [2.45, 2.75) is 25.8 Å². The third-order valence-electron chi connectivity index (χ3n) is 6.96. The maximum atomic E-state index is 13.5. The van der Waals surface area contributed by atoms with Crippen molar-refractivity contribution in [2.24, 2.45) is 0 Å². The zero-order chi connectivity index (χ0) is 29.2. The second kappa shape index (κ2) is 11.5. The van der Waals surface area contributed by atoms with Gasteiger partial charge in [-0.1, -0.05) is 23.2 Å². The maximum Gasteiger partial charge on any atom is 0.412 e. The van der Waals surface area contributed by atoms with Gasteiger partial charge in [0.25, 0.3) is 5.56 Å². The van der Waals surface area contributed by atoms with E-state index in [0.717, 1.165) is 28.1 Å². The zero-order valence-electron chi connectivity index (χ0n) is 22.7. The predicted octanol–water partition coefficient (Wildman–Crippen LogP) is 3.51. The standard InChI is InChI=1S/C28H26ClN9O4/c1-16-3-7-22(37-15-32-35-36-37)20(11-16)17-12-18-4-8-23(38(18)24(39)13-17)27-33-25(26(29)34-27)21-6-5-19(14-31-21)42-28(40)30-9-10-41-2/h3,5-7,11-15,23H,4,8-10H2,1-2H3,(H,30,40)(H,33,34)/t23-/m0/s1. The normalized spacial score (nSPS) is 14.1. The van der Waals surface area contributed by atoms with Gasteiger partial charge < -0.3 is 24.3 Å². The summed E-state index contributed by atoms with van der Waals surface area (Å²) in [5.41, 5.74) is 5.25. The summed E-state index contributed by atoms with van der Waals surface area (Å²) in [7, 11) is 1.54. The van der Waals surface area contributed by atoms with Crippen molar-refractivity contribution in [1.82, 2.24) is 45.0 Å². The lowest BCUT2D eigenvalue weighted by molar-refractivity contribution is 0.180. The van der Waals surface area contributed by atoms with E-state index >= 15 is 0 Å². The Morgan fingerprint density at radius 1 is 1.21 bits per heavy atom. The van der Waals surface area contributed by atoms with Crippen LogP contribution in [0.4, 0.5) is 4.79 Å². The molecule has 0 fully saturated rings. The number of nitrogens with zero attached hydrogens (tertiary/aromatic N) is 7. The number of carbonyl (C=O) groups is 1. The van der Waals surface area contributed by atoms with E-state index in [1.54, 1.807) is 34.6 Å². The van der Waals surface area contributed by atoms with Crippen LogP contribution < -0.4 is 15.6 Å². The van der Waals surface area contributed by atoms with Crippen LogP contribution in [-0.4, -0.2) is 66.1 Å². The van der Waals surface area contributed by atoms with Crippen LogP contribution >= 0.6 is 11.6 Å². The number of aromatic amines is 1. The minimum atomic E-state index is -0.606. The van der Waals surface area contributed by atoms with Gasteiger partial charge in [0.05, 0.1) is 30.2 Å². The van der Waals surface area contributed by atoms with E-state index in [-0.39, 0.29) is 22.5 Å². The molecule has 42 heavy (non-hydrogen) atoms. The van der Waals surface area contributed by atoms with Crippen LogP contribution in [0.2, 0.25) is 5.15 Å². The first-order valence-corrected chi connectivity index (χ1v) is 13.6. The second-order valence-electron chi connectivity index (χ2n) is 9.75. The summed E-state index contributed by atoms with van der Waals surface area (Å²) in [4.78, 5) is 37.6. The summed E-state index contributed by atoms with van der Waals surface area (Å²) in [5, 5.41) is 14.3. The Bertz CT molecular complexity index is 1800. The SMILES string of the molecule is COCCNC(=O)Oc1ccc(-c2[nH]c([C@@H]3CCc4cc(-c5cc(C)ccc5-n5cnnn5)cc(=O)n43)nc2Cl)nc1. The van der Waals surface area contributed by atoms with Crippen LogP contribution in [0.5, 0.6) is 5.75 Å². The summed E-state index contributed by atoms with van der Waals surface area (Å²) in [5.74, 6) is 0.835. The highest BCUT2D eigenvalue weighted by Crippen LogP contribution is 2.35. The minimum absolute atomic E-state index is 0.147. The summed E-state index contributed by atoms with van der Waals surface area (Å²) >= 11 is 6.51. The lowest BCUT2D eigenvalue weighted by Gasteiger charge is -2.15. The molecule has 1 atom stereocenters. The molecule has 0 radical (unpaired) electrons. The number of ether oxygens (including phenoxy) is 2. The fourth-order valence-electron chi connectivity index (χ4n) is 5.05. The molecule has 0 saturated heterocycles. The van der Waals surface area contributed by atoms with E-state index in [4.69, 9.17) is 21.1 Å². The first kappa shape index (κ1) is 27.3. The largest absolute Gasteiger partial charge is 0.412 e. The number of aromatic nitrogens is 8. The highest BCUT2D eigenvalue weighted by Gasteiger charge is 2.29. The van der Waals surface area contributed by atoms with Gasteiger partial charge >= 0.3 is 6.09 Å². The van der Waals surface area contributed by atoms with Crippen LogP contribution in [0.1, 0.15) is 29.5 Å². The number of tetrazole rings is 1. The number of fused-ring (bicyclic) bond motifs is 1. The third-order valence-corrected chi connectivity index (χ3v) is 7.24. The number of methoxy groups -OCH3 is 1. The molecule has 2 N–H and O–H groups in total. The van der Waals surface area contributed by atoms with Crippen molar-refractivity contribution < 1.29 is 14.3 Å². The molecular formula is C28H26ClN9O4. The van der Waals surface area contributed by atoms with Crippen LogP contribution in [0.15, 0.2) is 59.8 Å². The first-order chi connectivity index (χ1) is 20.4. The van der Waals surface area contributed by atoms with Gasteiger partial charge in [0.2, 0.25) is 0 Å². The van der Waals surface area contributed by atoms with Crippen molar-refractivity contribution in [1.29, 1.82) is 0 Å². The number of hydrogen-bond acceptors (Lipinski definition) is 9. The van der Waals surface area contributed by atoms with E-state index in [1.165, 1.54) is 12.5 Å².